The second-order valence-electron chi connectivity index (χ2n) is 4.33. The Balaban J connectivity index is 2.30. The van der Waals surface area contributed by atoms with Crippen LogP contribution in [0.4, 0.5) is 15.8 Å². The number of anilines is 2. The van der Waals surface area contributed by atoms with Gasteiger partial charge in [0, 0.05) is 11.8 Å². The summed E-state index contributed by atoms with van der Waals surface area (Å²) >= 11 is 0. The van der Waals surface area contributed by atoms with Gasteiger partial charge < -0.3 is 15.8 Å². The van der Waals surface area contributed by atoms with Crippen LogP contribution < -0.4 is 15.8 Å². The second kappa shape index (κ2) is 5.61. The first kappa shape index (κ1) is 13.9. The minimum atomic E-state index is -0.435. The summed E-state index contributed by atoms with van der Waals surface area (Å²) in [7, 11) is 1.41. The van der Waals surface area contributed by atoms with Crippen LogP contribution in [0.1, 0.15) is 15.9 Å². The highest BCUT2D eigenvalue weighted by molar-refractivity contribution is 6.08. The first-order valence-electron chi connectivity index (χ1n) is 6.03. The van der Waals surface area contributed by atoms with Crippen LogP contribution in [0.5, 0.6) is 5.75 Å². The lowest BCUT2D eigenvalue weighted by Gasteiger charge is -2.12. The Morgan fingerprint density at radius 3 is 2.75 bits per heavy atom. The van der Waals surface area contributed by atoms with Gasteiger partial charge in [0.2, 0.25) is 0 Å². The van der Waals surface area contributed by atoms with Gasteiger partial charge in [-0.3, -0.25) is 4.79 Å². The van der Waals surface area contributed by atoms with Crippen molar-refractivity contribution in [3.8, 4) is 5.75 Å². The maximum atomic E-state index is 13.1. The van der Waals surface area contributed by atoms with E-state index < -0.39 is 5.82 Å². The molecule has 104 valence electrons. The molecular weight excluding hydrogens is 259 g/mol. The summed E-state index contributed by atoms with van der Waals surface area (Å²) in [4.78, 5) is 12.2. The molecule has 1 amide bonds. The van der Waals surface area contributed by atoms with Crippen molar-refractivity contribution >= 4 is 17.3 Å². The van der Waals surface area contributed by atoms with Crippen LogP contribution in [-0.2, 0) is 0 Å². The number of hydrogen-bond acceptors (Lipinski definition) is 3. The Kier molecular flexibility index (Phi) is 3.89. The van der Waals surface area contributed by atoms with E-state index >= 15 is 0 Å². The number of methoxy groups -OCH3 is 1. The summed E-state index contributed by atoms with van der Waals surface area (Å²) in [6.45, 7) is 1.82. The molecule has 0 saturated carbocycles. The van der Waals surface area contributed by atoms with Crippen LogP contribution in [0.15, 0.2) is 36.4 Å². The summed E-state index contributed by atoms with van der Waals surface area (Å²) < 4.78 is 18.1. The summed E-state index contributed by atoms with van der Waals surface area (Å²) in [6, 6.07) is 9.10. The summed E-state index contributed by atoms with van der Waals surface area (Å²) in [6.07, 6.45) is 0. The lowest BCUT2D eigenvalue weighted by atomic mass is 10.1. The fourth-order valence-corrected chi connectivity index (χ4v) is 1.84. The molecule has 0 aliphatic rings. The van der Waals surface area contributed by atoms with Gasteiger partial charge in [-0.2, -0.15) is 0 Å². The van der Waals surface area contributed by atoms with Gasteiger partial charge in [-0.25, -0.2) is 4.39 Å². The van der Waals surface area contributed by atoms with E-state index in [1.54, 1.807) is 12.1 Å². The molecule has 0 saturated heterocycles. The molecule has 0 atom stereocenters. The van der Waals surface area contributed by atoms with E-state index in [2.05, 4.69) is 5.32 Å². The first-order valence-corrected chi connectivity index (χ1v) is 6.03. The maximum absolute atomic E-state index is 13.1. The smallest absolute Gasteiger partial charge is 0.257 e. The Hall–Kier alpha value is -2.56. The number of nitrogens with one attached hydrogen (secondary N) is 1. The number of hydrogen-bond donors (Lipinski definition) is 2. The molecule has 2 aromatic carbocycles. The summed E-state index contributed by atoms with van der Waals surface area (Å²) in [5.74, 6) is -0.546. The van der Waals surface area contributed by atoms with Crippen molar-refractivity contribution in [2.45, 2.75) is 6.92 Å². The minimum Gasteiger partial charge on any atom is -0.494 e. The van der Waals surface area contributed by atoms with Gasteiger partial charge in [0.15, 0.2) is 0 Å². The van der Waals surface area contributed by atoms with Crippen molar-refractivity contribution in [3.05, 3.63) is 53.3 Å². The summed E-state index contributed by atoms with van der Waals surface area (Å²) in [5.41, 5.74) is 7.89. The number of carbonyl (C=O) groups excluding carboxylic acids is 1. The van der Waals surface area contributed by atoms with Crippen LogP contribution in [0.25, 0.3) is 0 Å². The Morgan fingerprint density at radius 2 is 2.05 bits per heavy atom. The van der Waals surface area contributed by atoms with E-state index in [-0.39, 0.29) is 11.7 Å². The zero-order chi connectivity index (χ0) is 14.7. The predicted octanol–water partition coefficient (Wildman–Crippen LogP) is 2.98. The molecule has 0 aromatic heterocycles. The van der Waals surface area contributed by atoms with Crippen LogP contribution in [0, 0.1) is 12.7 Å². The number of nitrogens with two attached hydrogens (primary N) is 1. The van der Waals surface area contributed by atoms with Crippen molar-refractivity contribution in [1.82, 2.24) is 0 Å². The maximum Gasteiger partial charge on any atom is 0.257 e. The van der Waals surface area contributed by atoms with Gasteiger partial charge in [0.05, 0.1) is 18.4 Å². The lowest BCUT2D eigenvalue weighted by Crippen LogP contribution is -2.15. The molecule has 0 spiro atoms. The number of halogens is 1. The van der Waals surface area contributed by atoms with Crippen molar-refractivity contribution in [3.63, 3.8) is 0 Å². The zero-order valence-electron chi connectivity index (χ0n) is 11.2. The Bertz CT molecular complexity index is 656. The van der Waals surface area contributed by atoms with Crippen LogP contribution >= 0.6 is 0 Å². The molecule has 0 aliphatic carbocycles. The van der Waals surface area contributed by atoms with Gasteiger partial charge >= 0.3 is 0 Å². The zero-order valence-corrected chi connectivity index (χ0v) is 11.2. The van der Waals surface area contributed by atoms with E-state index in [9.17, 15) is 9.18 Å². The number of benzene rings is 2. The fourth-order valence-electron chi connectivity index (χ4n) is 1.84. The third kappa shape index (κ3) is 2.71. The van der Waals surface area contributed by atoms with Gasteiger partial charge in [-0.15, -0.1) is 0 Å². The topological polar surface area (TPSA) is 64.3 Å². The molecule has 20 heavy (non-hydrogen) atoms. The average Bonchev–Trinajstić information content (AvgIpc) is 2.43. The van der Waals surface area contributed by atoms with E-state index in [4.69, 9.17) is 10.5 Å². The standard InChI is InChI=1S/C15H15FN2O2/c1-9-4-3-5-11(14(9)17)15(19)18-12-7-6-10(16)8-13(12)20-2/h3-8H,17H2,1-2H3,(H,18,19). The van der Waals surface area contributed by atoms with Gasteiger partial charge in [0.1, 0.15) is 11.6 Å². The number of nitrogen functional groups attached to an aromatic ring is 1. The van der Waals surface area contributed by atoms with E-state index in [1.807, 2.05) is 13.0 Å². The Morgan fingerprint density at radius 1 is 1.30 bits per heavy atom. The monoisotopic (exact) mass is 274 g/mol. The highest BCUT2D eigenvalue weighted by Gasteiger charge is 2.13. The molecule has 2 rings (SSSR count). The number of aryl methyl sites for hydroxylation is 1. The van der Waals surface area contributed by atoms with E-state index in [0.29, 0.717) is 16.9 Å². The number of carbonyl (C=O) groups is 1. The average molecular weight is 274 g/mol. The quantitative estimate of drug-likeness (QED) is 0.846. The third-order valence-corrected chi connectivity index (χ3v) is 2.98. The largest absolute Gasteiger partial charge is 0.494 e. The van der Waals surface area contributed by atoms with Gasteiger partial charge in [-0.1, -0.05) is 12.1 Å². The molecule has 0 fully saturated rings. The van der Waals surface area contributed by atoms with Crippen LogP contribution in [-0.4, -0.2) is 13.0 Å². The van der Waals surface area contributed by atoms with Gasteiger partial charge in [-0.05, 0) is 30.7 Å². The molecule has 0 aliphatic heterocycles. The molecule has 0 bridgehead atoms. The van der Waals surface area contributed by atoms with Crippen LogP contribution in [0.3, 0.4) is 0 Å². The van der Waals surface area contributed by atoms with E-state index in [0.717, 1.165) is 5.56 Å². The molecule has 0 unspecified atom stereocenters. The fraction of sp³-hybridized carbons (Fsp3) is 0.133. The second-order valence-corrected chi connectivity index (χ2v) is 4.33. The molecule has 5 heteroatoms. The Labute approximate surface area is 116 Å². The first-order chi connectivity index (χ1) is 9.52. The van der Waals surface area contributed by atoms with Crippen molar-refractivity contribution in [1.29, 1.82) is 0 Å². The number of ether oxygens (including phenoxy) is 1. The number of amides is 1. The number of rotatable bonds is 3. The lowest BCUT2D eigenvalue weighted by molar-refractivity contribution is 0.102. The van der Waals surface area contributed by atoms with Crippen molar-refractivity contribution in [2.24, 2.45) is 0 Å². The van der Waals surface area contributed by atoms with Crippen molar-refractivity contribution < 1.29 is 13.9 Å². The molecule has 3 N–H and O–H groups in total. The van der Waals surface area contributed by atoms with E-state index in [1.165, 1.54) is 25.3 Å². The highest BCUT2D eigenvalue weighted by atomic mass is 19.1. The molecule has 2 aromatic rings. The molecule has 0 heterocycles. The SMILES string of the molecule is COc1cc(F)ccc1NC(=O)c1cccc(C)c1N. The minimum absolute atomic E-state index is 0.254. The van der Waals surface area contributed by atoms with Crippen molar-refractivity contribution in [2.75, 3.05) is 18.2 Å². The molecule has 0 radical (unpaired) electrons. The van der Waals surface area contributed by atoms with Crippen LogP contribution in [0.2, 0.25) is 0 Å². The molecule has 4 nitrogen and oxygen atoms in total. The highest BCUT2D eigenvalue weighted by Crippen LogP contribution is 2.26. The normalized spacial score (nSPS) is 10.2. The summed E-state index contributed by atoms with van der Waals surface area (Å²) in [5, 5.41) is 2.66. The predicted molar refractivity (Wildman–Crippen MR) is 76.5 cm³/mol. The number of para-hydroxylation sites is 1. The molecular formula is C15H15FN2O2. The van der Waals surface area contributed by atoms with Gasteiger partial charge in [0.25, 0.3) is 5.91 Å². The third-order valence-electron chi connectivity index (χ3n) is 2.98.